The van der Waals surface area contributed by atoms with Gasteiger partial charge in [0.15, 0.2) is 0 Å². The van der Waals surface area contributed by atoms with Crippen LogP contribution in [0.15, 0.2) is 0 Å². The zero-order valence-corrected chi connectivity index (χ0v) is 9.68. The summed E-state index contributed by atoms with van der Waals surface area (Å²) in [4.78, 5) is 16.0. The Morgan fingerprint density at radius 3 is 2.14 bits per heavy atom. The SMILES string of the molecule is CC(C)c1nc(C(=O)O)sc1C(C)C. The molecule has 1 N–H and O–H groups in total. The van der Waals surface area contributed by atoms with Crippen LogP contribution in [-0.4, -0.2) is 16.1 Å². The monoisotopic (exact) mass is 213 g/mol. The van der Waals surface area contributed by atoms with Gasteiger partial charge in [0.2, 0.25) is 5.01 Å². The van der Waals surface area contributed by atoms with Crippen LogP contribution >= 0.6 is 11.3 Å². The molecule has 0 saturated carbocycles. The Morgan fingerprint density at radius 1 is 1.29 bits per heavy atom. The summed E-state index contributed by atoms with van der Waals surface area (Å²) in [5.41, 5.74) is 0.933. The lowest BCUT2D eigenvalue weighted by Gasteiger charge is -2.06. The summed E-state index contributed by atoms with van der Waals surface area (Å²) in [6, 6.07) is 0. The van der Waals surface area contributed by atoms with Crippen molar-refractivity contribution in [3.05, 3.63) is 15.6 Å². The fourth-order valence-corrected chi connectivity index (χ4v) is 2.32. The highest BCUT2D eigenvalue weighted by atomic mass is 32.1. The van der Waals surface area contributed by atoms with E-state index in [9.17, 15) is 4.79 Å². The van der Waals surface area contributed by atoms with Crippen molar-refractivity contribution in [1.82, 2.24) is 4.98 Å². The molecule has 0 spiro atoms. The molecule has 0 aliphatic heterocycles. The first-order valence-corrected chi connectivity index (χ1v) is 5.49. The summed E-state index contributed by atoms with van der Waals surface area (Å²) in [6.07, 6.45) is 0. The molecule has 0 saturated heterocycles. The number of rotatable bonds is 3. The molecule has 1 rings (SSSR count). The predicted molar refractivity (Wildman–Crippen MR) is 57.3 cm³/mol. The molecule has 0 fully saturated rings. The van der Waals surface area contributed by atoms with E-state index in [0.717, 1.165) is 10.6 Å². The largest absolute Gasteiger partial charge is 0.476 e. The Hall–Kier alpha value is -0.900. The van der Waals surface area contributed by atoms with Crippen molar-refractivity contribution in [2.45, 2.75) is 39.5 Å². The standard InChI is InChI=1S/C10H15NO2S/c1-5(2)7-8(6(3)4)14-9(11-7)10(12)13/h5-6H,1-4H3,(H,12,13). The molecular weight excluding hydrogens is 198 g/mol. The van der Waals surface area contributed by atoms with Crippen LogP contribution in [0.1, 0.15) is 59.9 Å². The quantitative estimate of drug-likeness (QED) is 0.839. The first-order chi connectivity index (χ1) is 6.43. The van der Waals surface area contributed by atoms with Gasteiger partial charge in [-0.25, -0.2) is 9.78 Å². The molecule has 0 unspecified atom stereocenters. The molecular formula is C10H15NO2S. The van der Waals surface area contributed by atoms with E-state index < -0.39 is 5.97 Å². The topological polar surface area (TPSA) is 50.2 Å². The lowest BCUT2D eigenvalue weighted by molar-refractivity contribution is 0.0696. The normalized spacial score (nSPS) is 11.3. The summed E-state index contributed by atoms with van der Waals surface area (Å²) < 4.78 is 0. The average Bonchev–Trinajstić information content (AvgIpc) is 2.47. The second-order valence-electron chi connectivity index (χ2n) is 3.88. The van der Waals surface area contributed by atoms with Crippen molar-refractivity contribution in [1.29, 1.82) is 0 Å². The second-order valence-corrected chi connectivity index (χ2v) is 4.91. The Labute approximate surface area is 87.8 Å². The molecule has 1 aromatic heterocycles. The van der Waals surface area contributed by atoms with E-state index in [4.69, 9.17) is 5.11 Å². The molecule has 0 aliphatic carbocycles. The van der Waals surface area contributed by atoms with Crippen molar-refractivity contribution >= 4 is 17.3 Å². The van der Waals surface area contributed by atoms with Gasteiger partial charge in [0.25, 0.3) is 0 Å². The number of aromatic nitrogens is 1. The maximum absolute atomic E-state index is 10.8. The maximum atomic E-state index is 10.8. The molecule has 1 aromatic rings. The van der Waals surface area contributed by atoms with Crippen molar-refractivity contribution in [3.63, 3.8) is 0 Å². The molecule has 0 radical (unpaired) electrons. The molecule has 0 bridgehead atoms. The van der Waals surface area contributed by atoms with E-state index in [-0.39, 0.29) is 10.9 Å². The van der Waals surface area contributed by atoms with Gasteiger partial charge < -0.3 is 5.11 Å². The van der Waals surface area contributed by atoms with E-state index in [1.165, 1.54) is 11.3 Å². The molecule has 4 heteroatoms. The fourth-order valence-electron chi connectivity index (χ4n) is 1.26. The molecule has 14 heavy (non-hydrogen) atoms. The smallest absolute Gasteiger partial charge is 0.365 e. The summed E-state index contributed by atoms with van der Waals surface area (Å²) >= 11 is 1.29. The minimum absolute atomic E-state index is 0.206. The van der Waals surface area contributed by atoms with Crippen LogP contribution in [0.4, 0.5) is 0 Å². The van der Waals surface area contributed by atoms with Crippen molar-refractivity contribution in [2.24, 2.45) is 0 Å². The minimum Gasteiger partial charge on any atom is -0.476 e. The van der Waals surface area contributed by atoms with E-state index >= 15 is 0 Å². The zero-order chi connectivity index (χ0) is 10.9. The number of thiazole rings is 1. The van der Waals surface area contributed by atoms with Gasteiger partial charge in [0.1, 0.15) is 0 Å². The number of carboxylic acid groups (broad SMARTS) is 1. The summed E-state index contributed by atoms with van der Waals surface area (Å²) in [5.74, 6) is -0.293. The number of hydrogen-bond acceptors (Lipinski definition) is 3. The van der Waals surface area contributed by atoms with Crippen LogP contribution in [0, 0.1) is 0 Å². The van der Waals surface area contributed by atoms with Crippen LogP contribution < -0.4 is 0 Å². The Bertz CT molecular complexity index is 316. The molecule has 1 heterocycles. The average molecular weight is 213 g/mol. The van der Waals surface area contributed by atoms with E-state index in [0.29, 0.717) is 5.92 Å². The van der Waals surface area contributed by atoms with Crippen LogP contribution in [0.5, 0.6) is 0 Å². The van der Waals surface area contributed by atoms with E-state index in [2.05, 4.69) is 18.8 Å². The fraction of sp³-hybridized carbons (Fsp3) is 0.600. The number of nitrogens with zero attached hydrogens (tertiary/aromatic N) is 1. The lowest BCUT2D eigenvalue weighted by atomic mass is 10.0. The van der Waals surface area contributed by atoms with Crippen molar-refractivity contribution < 1.29 is 9.90 Å². The van der Waals surface area contributed by atoms with Gasteiger partial charge in [-0.3, -0.25) is 0 Å². The highest BCUT2D eigenvalue weighted by Gasteiger charge is 2.19. The van der Waals surface area contributed by atoms with Crippen LogP contribution in [0.25, 0.3) is 0 Å². The lowest BCUT2D eigenvalue weighted by Crippen LogP contribution is -1.97. The van der Waals surface area contributed by atoms with Gasteiger partial charge in [-0.2, -0.15) is 0 Å². The third-order valence-electron chi connectivity index (χ3n) is 1.94. The van der Waals surface area contributed by atoms with Crippen LogP contribution in [0.2, 0.25) is 0 Å². The molecule has 3 nitrogen and oxygen atoms in total. The van der Waals surface area contributed by atoms with Gasteiger partial charge in [0, 0.05) is 4.88 Å². The van der Waals surface area contributed by atoms with Crippen LogP contribution in [0.3, 0.4) is 0 Å². The molecule has 0 aliphatic rings. The summed E-state index contributed by atoms with van der Waals surface area (Å²) in [7, 11) is 0. The molecule has 78 valence electrons. The second kappa shape index (κ2) is 4.09. The first-order valence-electron chi connectivity index (χ1n) is 4.67. The van der Waals surface area contributed by atoms with Gasteiger partial charge in [-0.1, -0.05) is 27.7 Å². The van der Waals surface area contributed by atoms with Gasteiger partial charge in [-0.15, -0.1) is 11.3 Å². The number of hydrogen-bond donors (Lipinski definition) is 1. The van der Waals surface area contributed by atoms with Gasteiger partial charge >= 0.3 is 5.97 Å². The zero-order valence-electron chi connectivity index (χ0n) is 8.87. The summed E-state index contributed by atoms with van der Waals surface area (Å²) in [6.45, 7) is 8.19. The Balaban J connectivity index is 3.19. The van der Waals surface area contributed by atoms with E-state index in [1.54, 1.807) is 0 Å². The maximum Gasteiger partial charge on any atom is 0.365 e. The van der Waals surface area contributed by atoms with E-state index in [1.807, 2.05) is 13.8 Å². The first kappa shape index (κ1) is 11.2. The van der Waals surface area contributed by atoms with Crippen LogP contribution in [-0.2, 0) is 0 Å². The summed E-state index contributed by atoms with van der Waals surface area (Å²) in [5, 5.41) is 9.04. The highest BCUT2D eigenvalue weighted by molar-refractivity contribution is 7.13. The molecule has 0 atom stereocenters. The number of carbonyl (C=O) groups is 1. The number of carboxylic acids is 1. The Kier molecular flexibility index (Phi) is 3.26. The third-order valence-corrected chi connectivity index (χ3v) is 3.29. The molecule has 0 aromatic carbocycles. The predicted octanol–water partition coefficient (Wildman–Crippen LogP) is 3.09. The van der Waals surface area contributed by atoms with Gasteiger partial charge in [-0.05, 0) is 11.8 Å². The minimum atomic E-state index is -0.927. The Morgan fingerprint density at radius 2 is 1.86 bits per heavy atom. The number of aromatic carboxylic acids is 1. The van der Waals surface area contributed by atoms with Crippen molar-refractivity contribution in [2.75, 3.05) is 0 Å². The highest BCUT2D eigenvalue weighted by Crippen LogP contribution is 2.31. The molecule has 0 amide bonds. The van der Waals surface area contributed by atoms with Crippen molar-refractivity contribution in [3.8, 4) is 0 Å². The van der Waals surface area contributed by atoms with Gasteiger partial charge in [0.05, 0.1) is 5.69 Å². The third kappa shape index (κ3) is 2.12.